The molecule has 1 unspecified atom stereocenters. The first-order chi connectivity index (χ1) is 8.10. The van der Waals surface area contributed by atoms with Crippen molar-refractivity contribution >= 4 is 21.7 Å². The van der Waals surface area contributed by atoms with Crippen molar-refractivity contribution in [3.05, 3.63) is 11.5 Å². The highest BCUT2D eigenvalue weighted by molar-refractivity contribution is 7.94. The van der Waals surface area contributed by atoms with Crippen LogP contribution in [-0.2, 0) is 19.4 Å². The molecule has 0 spiro atoms. The first-order valence-corrected chi connectivity index (χ1v) is 7.23. The van der Waals surface area contributed by atoms with Gasteiger partial charge in [-0.15, -0.1) is 0 Å². The van der Waals surface area contributed by atoms with Gasteiger partial charge in [0.2, 0.25) is 5.91 Å². The van der Waals surface area contributed by atoms with E-state index in [1.54, 1.807) is 13.8 Å². The predicted octanol–water partition coefficient (Wildman–Crippen LogP) is 0.304. The van der Waals surface area contributed by atoms with Gasteiger partial charge in [-0.3, -0.25) is 9.59 Å². The number of nitrogens with one attached hydrogen (secondary N) is 1. The van der Waals surface area contributed by atoms with Crippen LogP contribution in [0.5, 0.6) is 0 Å². The molecule has 102 valence electrons. The Morgan fingerprint density at radius 3 is 2.44 bits per heavy atom. The van der Waals surface area contributed by atoms with E-state index in [1.165, 1.54) is 6.08 Å². The highest BCUT2D eigenvalue weighted by Gasteiger charge is 2.28. The lowest BCUT2D eigenvalue weighted by molar-refractivity contribution is -0.139. The van der Waals surface area contributed by atoms with Crippen molar-refractivity contribution in [3.63, 3.8) is 0 Å². The van der Waals surface area contributed by atoms with Crippen molar-refractivity contribution in [1.29, 1.82) is 0 Å². The first kappa shape index (κ1) is 14.7. The van der Waals surface area contributed by atoms with Crippen LogP contribution in [0.1, 0.15) is 26.7 Å². The minimum Gasteiger partial charge on any atom is -0.481 e. The molecule has 1 amide bonds. The van der Waals surface area contributed by atoms with E-state index in [4.69, 9.17) is 5.11 Å². The summed E-state index contributed by atoms with van der Waals surface area (Å²) in [6.07, 6.45) is 1.36. The van der Waals surface area contributed by atoms with Crippen LogP contribution in [0.4, 0.5) is 0 Å². The van der Waals surface area contributed by atoms with E-state index in [0.717, 1.165) is 5.41 Å². The summed E-state index contributed by atoms with van der Waals surface area (Å²) in [5.74, 6) is -1.43. The molecule has 1 heterocycles. The molecule has 18 heavy (non-hydrogen) atoms. The molecule has 6 nitrogen and oxygen atoms in total. The van der Waals surface area contributed by atoms with Gasteiger partial charge in [0.05, 0.1) is 18.2 Å². The first-order valence-electron chi connectivity index (χ1n) is 5.52. The molecule has 0 bridgehead atoms. The molecule has 1 rings (SSSR count). The number of aliphatic carboxylic acids is 1. The number of carboxylic acids is 1. The Kier molecular flexibility index (Phi) is 4.16. The normalized spacial score (nSPS) is 21.8. The number of sulfone groups is 1. The predicted molar refractivity (Wildman–Crippen MR) is 65.5 cm³/mol. The number of carbonyl (C=O) groups is 2. The largest absolute Gasteiger partial charge is 0.481 e. The van der Waals surface area contributed by atoms with Crippen LogP contribution in [0, 0.1) is 5.41 Å². The second kappa shape index (κ2) is 5.09. The number of carboxylic acid groups (broad SMARTS) is 1. The van der Waals surface area contributed by atoms with Gasteiger partial charge in [-0.25, -0.2) is 8.42 Å². The van der Waals surface area contributed by atoms with E-state index in [-0.39, 0.29) is 24.5 Å². The van der Waals surface area contributed by atoms with Crippen molar-refractivity contribution in [1.82, 2.24) is 5.32 Å². The van der Waals surface area contributed by atoms with Gasteiger partial charge in [0.1, 0.15) is 0 Å². The van der Waals surface area contributed by atoms with Crippen LogP contribution < -0.4 is 5.32 Å². The zero-order valence-corrected chi connectivity index (χ0v) is 11.2. The fourth-order valence-electron chi connectivity index (χ4n) is 1.83. The van der Waals surface area contributed by atoms with Gasteiger partial charge in [-0.05, 0) is 11.5 Å². The topological polar surface area (TPSA) is 101 Å². The zero-order valence-electron chi connectivity index (χ0n) is 10.3. The molecule has 0 aromatic carbocycles. The van der Waals surface area contributed by atoms with Gasteiger partial charge in [0.15, 0.2) is 9.84 Å². The minimum absolute atomic E-state index is 0.0453. The number of hydrogen-bond donors (Lipinski definition) is 2. The Hall–Kier alpha value is -1.37. The fraction of sp³-hybridized carbons (Fsp3) is 0.636. The van der Waals surface area contributed by atoms with E-state index >= 15 is 0 Å². The lowest BCUT2D eigenvalue weighted by Gasteiger charge is -2.22. The van der Waals surface area contributed by atoms with Gasteiger partial charge < -0.3 is 10.4 Å². The SMILES string of the molecule is CC(C)(CC(=O)O)CC(=O)NC1C=CS(=O)(=O)C1. The van der Waals surface area contributed by atoms with Gasteiger partial charge in [0.25, 0.3) is 0 Å². The van der Waals surface area contributed by atoms with Gasteiger partial charge >= 0.3 is 5.97 Å². The monoisotopic (exact) mass is 275 g/mol. The van der Waals surface area contributed by atoms with Crippen molar-refractivity contribution in [2.24, 2.45) is 5.41 Å². The van der Waals surface area contributed by atoms with Crippen LogP contribution in [0.25, 0.3) is 0 Å². The minimum atomic E-state index is -3.19. The highest BCUT2D eigenvalue weighted by Crippen LogP contribution is 2.25. The third kappa shape index (κ3) is 4.87. The maximum atomic E-state index is 11.7. The molecule has 0 fully saturated rings. The maximum Gasteiger partial charge on any atom is 0.303 e. The molecule has 1 aliphatic heterocycles. The molecule has 0 radical (unpaired) electrons. The number of amides is 1. The Labute approximate surface area is 106 Å². The second-order valence-electron chi connectivity index (χ2n) is 5.24. The summed E-state index contributed by atoms with van der Waals surface area (Å²) in [5, 5.41) is 12.3. The number of hydrogen-bond acceptors (Lipinski definition) is 4. The molecular formula is C11H17NO5S. The summed E-state index contributed by atoms with van der Waals surface area (Å²) >= 11 is 0. The fourth-order valence-corrected chi connectivity index (χ4v) is 3.07. The molecule has 1 aliphatic rings. The third-order valence-corrected chi connectivity index (χ3v) is 3.94. The molecule has 1 atom stereocenters. The van der Waals surface area contributed by atoms with Crippen molar-refractivity contribution < 1.29 is 23.1 Å². The molecule has 2 N–H and O–H groups in total. The Bertz CT molecular complexity index is 478. The van der Waals surface area contributed by atoms with Crippen molar-refractivity contribution in [3.8, 4) is 0 Å². The second-order valence-corrected chi connectivity index (χ2v) is 7.17. The van der Waals surface area contributed by atoms with Gasteiger partial charge in [0, 0.05) is 11.8 Å². The standard InChI is InChI=1S/C11H17NO5S/c1-11(2,6-10(14)15)5-9(13)12-8-3-4-18(16,17)7-8/h3-4,8H,5-7H2,1-2H3,(H,12,13)(H,14,15). The molecule has 0 aromatic heterocycles. The lowest BCUT2D eigenvalue weighted by atomic mass is 9.85. The molecule has 7 heteroatoms. The van der Waals surface area contributed by atoms with E-state index < -0.39 is 27.3 Å². The van der Waals surface area contributed by atoms with E-state index in [1.807, 2.05) is 0 Å². The summed E-state index contributed by atoms with van der Waals surface area (Å²) in [6, 6.07) is -0.511. The average molecular weight is 275 g/mol. The lowest BCUT2D eigenvalue weighted by Crippen LogP contribution is -2.38. The molecule has 0 aliphatic carbocycles. The van der Waals surface area contributed by atoms with Crippen LogP contribution in [0.3, 0.4) is 0 Å². The quantitative estimate of drug-likeness (QED) is 0.751. The molecule has 0 saturated carbocycles. The number of carbonyl (C=O) groups excluding carboxylic acids is 1. The smallest absolute Gasteiger partial charge is 0.303 e. The summed E-state index contributed by atoms with van der Waals surface area (Å²) in [7, 11) is -3.19. The molecule has 0 aromatic rings. The summed E-state index contributed by atoms with van der Waals surface area (Å²) in [5.41, 5.74) is -0.656. The van der Waals surface area contributed by atoms with E-state index in [2.05, 4.69) is 5.32 Å². The highest BCUT2D eigenvalue weighted by atomic mass is 32.2. The average Bonchev–Trinajstić information content (AvgIpc) is 2.40. The van der Waals surface area contributed by atoms with E-state index in [0.29, 0.717) is 0 Å². The summed E-state index contributed by atoms with van der Waals surface area (Å²) < 4.78 is 22.3. The van der Waals surface area contributed by atoms with Crippen LogP contribution in [0.2, 0.25) is 0 Å². The zero-order chi connectivity index (χ0) is 14.0. The Morgan fingerprint density at radius 1 is 1.39 bits per heavy atom. The molecule has 0 saturated heterocycles. The summed E-state index contributed by atoms with van der Waals surface area (Å²) in [4.78, 5) is 22.3. The van der Waals surface area contributed by atoms with Gasteiger partial charge in [-0.1, -0.05) is 13.8 Å². The van der Waals surface area contributed by atoms with E-state index in [9.17, 15) is 18.0 Å². The van der Waals surface area contributed by atoms with Crippen molar-refractivity contribution in [2.45, 2.75) is 32.7 Å². The van der Waals surface area contributed by atoms with Crippen molar-refractivity contribution in [2.75, 3.05) is 5.75 Å². The van der Waals surface area contributed by atoms with Crippen LogP contribution in [0.15, 0.2) is 11.5 Å². The maximum absolute atomic E-state index is 11.7. The summed E-state index contributed by atoms with van der Waals surface area (Å²) in [6.45, 7) is 3.36. The Morgan fingerprint density at radius 2 is 2.00 bits per heavy atom. The molecular weight excluding hydrogens is 258 g/mol. The van der Waals surface area contributed by atoms with Crippen LogP contribution >= 0.6 is 0 Å². The number of rotatable bonds is 5. The van der Waals surface area contributed by atoms with Crippen LogP contribution in [-0.4, -0.2) is 37.2 Å². The third-order valence-electron chi connectivity index (χ3n) is 2.55. The van der Waals surface area contributed by atoms with Gasteiger partial charge in [-0.2, -0.15) is 0 Å². The Balaban J connectivity index is 2.48.